The van der Waals surface area contributed by atoms with Gasteiger partial charge >= 0.3 is 0 Å². The van der Waals surface area contributed by atoms with E-state index in [1.165, 1.54) is 0 Å². The van der Waals surface area contributed by atoms with Crippen molar-refractivity contribution in [1.82, 2.24) is 9.88 Å². The zero-order valence-corrected chi connectivity index (χ0v) is 17.8. The number of hydrogen-bond acceptors (Lipinski definition) is 4. The number of benzene rings is 1. The molecule has 0 amide bonds. The minimum Gasteiger partial charge on any atom is -0.470 e. The van der Waals surface area contributed by atoms with Gasteiger partial charge in [-0.15, -0.1) is 6.58 Å². The summed E-state index contributed by atoms with van der Waals surface area (Å²) in [6, 6.07) is 9.33. The third kappa shape index (κ3) is 5.99. The Morgan fingerprint density at radius 2 is 2.04 bits per heavy atom. The summed E-state index contributed by atoms with van der Waals surface area (Å²) in [5.41, 5.74) is 1.03. The molecule has 2 aromatic rings. The Bertz CT molecular complexity index is 714. The number of halogens is 1. The number of ether oxygens (including phenoxy) is 1. The third-order valence-corrected chi connectivity index (χ3v) is 5.47. The van der Waals surface area contributed by atoms with Gasteiger partial charge in [0.15, 0.2) is 5.76 Å². The Kier molecular flexibility index (Phi) is 8.40. The monoisotopic (exact) mass is 446 g/mol. The molecule has 1 heterocycles. The predicted octanol–water partition coefficient (Wildman–Crippen LogP) is 4.41. The smallest absolute Gasteiger partial charge is 0.269 e. The quantitative estimate of drug-likeness (QED) is 0.639. The van der Waals surface area contributed by atoms with Crippen LogP contribution in [0, 0.1) is 0 Å². The lowest BCUT2D eigenvalue weighted by molar-refractivity contribution is 0.264. The van der Waals surface area contributed by atoms with Crippen LogP contribution in [-0.4, -0.2) is 14.1 Å². The molecule has 0 spiro atoms. The van der Waals surface area contributed by atoms with E-state index in [-0.39, 0.29) is 13.5 Å². The summed E-state index contributed by atoms with van der Waals surface area (Å²) in [5, 5.41) is 3.94. The van der Waals surface area contributed by atoms with Crippen molar-refractivity contribution in [2.75, 3.05) is 0 Å². The van der Waals surface area contributed by atoms with Gasteiger partial charge in [0, 0.05) is 0 Å². The first kappa shape index (κ1) is 22.0. The highest BCUT2D eigenvalue weighted by molar-refractivity contribution is 9.10. The van der Waals surface area contributed by atoms with Gasteiger partial charge < -0.3 is 9.26 Å². The molecule has 25 heavy (non-hydrogen) atoms. The molecular formula is C17H23BrN2O3S2. The molecule has 0 bridgehead atoms. The molecule has 1 aromatic carbocycles. The number of aromatic nitrogens is 1. The standard InChI is InChI=1S/C17H21BrN2O3S.H2S/c1-5-13(20-24(21)17(2,3)4)15-14(18)16(19-23-15)22-11-12-9-7-6-8-10-12;/h5-10,13,20H,1,11H2,2-4H3;1H2/t13-,24-;/m0./s1. The first-order valence-electron chi connectivity index (χ1n) is 7.45. The summed E-state index contributed by atoms with van der Waals surface area (Å²) in [6.45, 7) is 9.82. The summed E-state index contributed by atoms with van der Waals surface area (Å²) >= 11 is 3.44. The highest BCUT2D eigenvalue weighted by Crippen LogP contribution is 2.33. The largest absolute Gasteiger partial charge is 0.470 e. The molecular weight excluding hydrogens is 424 g/mol. The Hall–Kier alpha value is -1.09. The first-order chi connectivity index (χ1) is 11.3. The van der Waals surface area contributed by atoms with Crippen LogP contribution in [0.5, 0.6) is 5.88 Å². The molecule has 0 aliphatic carbocycles. The highest BCUT2D eigenvalue weighted by atomic mass is 79.9. The van der Waals surface area contributed by atoms with Crippen LogP contribution in [0.2, 0.25) is 0 Å². The Morgan fingerprint density at radius 3 is 2.60 bits per heavy atom. The van der Waals surface area contributed by atoms with E-state index in [0.717, 1.165) is 5.56 Å². The van der Waals surface area contributed by atoms with Crippen molar-refractivity contribution in [3.05, 3.63) is 58.8 Å². The van der Waals surface area contributed by atoms with Gasteiger partial charge in [0.25, 0.3) is 5.88 Å². The van der Waals surface area contributed by atoms with Crippen molar-refractivity contribution in [1.29, 1.82) is 0 Å². The highest BCUT2D eigenvalue weighted by Gasteiger charge is 2.27. The molecule has 138 valence electrons. The van der Waals surface area contributed by atoms with Crippen molar-refractivity contribution in [2.24, 2.45) is 0 Å². The molecule has 5 nitrogen and oxygen atoms in total. The first-order valence-corrected chi connectivity index (χ1v) is 9.39. The zero-order valence-electron chi connectivity index (χ0n) is 14.4. The number of nitrogens with one attached hydrogen (secondary N) is 1. The molecule has 8 heteroatoms. The SMILES string of the molecule is C=C[C@H](N[S@@](=O)C(C)(C)C)c1onc(OCc2ccccc2)c1Br.S. The minimum absolute atomic E-state index is 0. The molecule has 0 aliphatic heterocycles. The van der Waals surface area contributed by atoms with Gasteiger partial charge in [-0.05, 0) is 47.4 Å². The maximum Gasteiger partial charge on any atom is 0.269 e. The summed E-state index contributed by atoms with van der Waals surface area (Å²) in [6.07, 6.45) is 1.62. The lowest BCUT2D eigenvalue weighted by atomic mass is 10.2. The Balaban J connectivity index is 0.00000312. The van der Waals surface area contributed by atoms with Gasteiger partial charge in [0.05, 0.1) is 21.8 Å². The van der Waals surface area contributed by atoms with E-state index in [4.69, 9.17) is 9.26 Å². The average molecular weight is 447 g/mol. The van der Waals surface area contributed by atoms with Crippen molar-refractivity contribution in [3.63, 3.8) is 0 Å². The molecule has 0 saturated heterocycles. The number of rotatable bonds is 7. The van der Waals surface area contributed by atoms with Crippen LogP contribution in [0.25, 0.3) is 0 Å². The summed E-state index contributed by atoms with van der Waals surface area (Å²) in [5.74, 6) is 0.828. The summed E-state index contributed by atoms with van der Waals surface area (Å²) < 4.78 is 26.5. The van der Waals surface area contributed by atoms with Crippen molar-refractivity contribution in [2.45, 2.75) is 38.2 Å². The van der Waals surface area contributed by atoms with Crippen LogP contribution in [0.4, 0.5) is 0 Å². The van der Waals surface area contributed by atoms with Gasteiger partial charge in [-0.2, -0.15) is 13.5 Å². The van der Waals surface area contributed by atoms with Crippen LogP contribution >= 0.6 is 29.4 Å². The maximum absolute atomic E-state index is 12.3. The summed E-state index contributed by atoms with van der Waals surface area (Å²) in [7, 11) is -1.27. The van der Waals surface area contributed by atoms with Crippen LogP contribution in [0.1, 0.15) is 38.1 Å². The molecule has 0 fully saturated rings. The van der Waals surface area contributed by atoms with E-state index in [2.05, 4.69) is 32.4 Å². The van der Waals surface area contributed by atoms with Gasteiger partial charge in [0.2, 0.25) is 0 Å². The lowest BCUT2D eigenvalue weighted by Crippen LogP contribution is -2.35. The Labute approximate surface area is 166 Å². The van der Waals surface area contributed by atoms with Crippen LogP contribution in [0.3, 0.4) is 0 Å². The van der Waals surface area contributed by atoms with E-state index < -0.39 is 21.8 Å². The average Bonchev–Trinajstić information content (AvgIpc) is 2.91. The lowest BCUT2D eigenvalue weighted by Gasteiger charge is -2.21. The second-order valence-electron chi connectivity index (χ2n) is 6.15. The number of hydrogen-bond donors (Lipinski definition) is 1. The van der Waals surface area contributed by atoms with E-state index >= 15 is 0 Å². The molecule has 0 aliphatic rings. The second kappa shape index (κ2) is 9.56. The van der Waals surface area contributed by atoms with E-state index in [0.29, 0.717) is 22.7 Å². The second-order valence-corrected chi connectivity index (χ2v) is 8.94. The fraction of sp³-hybridized carbons (Fsp3) is 0.353. The molecule has 1 N–H and O–H groups in total. The number of nitrogens with zero attached hydrogens (tertiary/aromatic N) is 1. The van der Waals surface area contributed by atoms with Gasteiger partial charge in [-0.25, -0.2) is 8.93 Å². The zero-order chi connectivity index (χ0) is 17.7. The van der Waals surface area contributed by atoms with Crippen molar-refractivity contribution < 1.29 is 13.5 Å². The predicted molar refractivity (Wildman–Crippen MR) is 109 cm³/mol. The summed E-state index contributed by atoms with van der Waals surface area (Å²) in [4.78, 5) is 0. The van der Waals surface area contributed by atoms with Gasteiger partial charge in [-0.1, -0.05) is 36.4 Å². The van der Waals surface area contributed by atoms with E-state index in [9.17, 15) is 4.21 Å². The van der Waals surface area contributed by atoms with Crippen LogP contribution in [0.15, 0.2) is 52.0 Å². The molecule has 2 atom stereocenters. The van der Waals surface area contributed by atoms with E-state index in [1.807, 2.05) is 51.1 Å². The molecule has 0 saturated carbocycles. The molecule has 2 rings (SSSR count). The van der Waals surface area contributed by atoms with Crippen molar-refractivity contribution >= 4 is 40.4 Å². The van der Waals surface area contributed by atoms with Gasteiger partial charge in [0.1, 0.15) is 11.1 Å². The van der Waals surface area contributed by atoms with Crippen LogP contribution in [-0.2, 0) is 17.6 Å². The fourth-order valence-electron chi connectivity index (χ4n) is 1.79. The Morgan fingerprint density at radius 1 is 1.40 bits per heavy atom. The normalized spacial score (nSPS) is 13.6. The van der Waals surface area contributed by atoms with Gasteiger partial charge in [-0.3, -0.25) is 0 Å². The minimum atomic E-state index is -1.27. The fourth-order valence-corrected chi connectivity index (χ4v) is 3.08. The molecule has 0 unspecified atom stereocenters. The molecule has 0 radical (unpaired) electrons. The maximum atomic E-state index is 12.3. The molecule has 1 aromatic heterocycles. The van der Waals surface area contributed by atoms with Crippen LogP contribution < -0.4 is 9.46 Å². The van der Waals surface area contributed by atoms with E-state index in [1.54, 1.807) is 6.08 Å². The van der Waals surface area contributed by atoms with Crippen molar-refractivity contribution in [3.8, 4) is 5.88 Å². The third-order valence-electron chi connectivity index (χ3n) is 3.16. The topological polar surface area (TPSA) is 64.4 Å².